The summed E-state index contributed by atoms with van der Waals surface area (Å²) in [7, 11) is 0. The van der Waals surface area contributed by atoms with Crippen LogP contribution in [0.2, 0.25) is 0 Å². The van der Waals surface area contributed by atoms with E-state index in [1.165, 1.54) is 24.0 Å². The normalized spacial score (nSPS) is 22.2. The van der Waals surface area contributed by atoms with E-state index in [1.54, 1.807) is 0 Å². The van der Waals surface area contributed by atoms with Gasteiger partial charge >= 0.3 is 0 Å². The lowest BCUT2D eigenvalue weighted by Crippen LogP contribution is -2.37. The minimum absolute atomic E-state index is 0.129. The van der Waals surface area contributed by atoms with Crippen molar-refractivity contribution >= 4 is 5.91 Å². The van der Waals surface area contributed by atoms with Crippen LogP contribution in [0, 0.1) is 6.92 Å². The van der Waals surface area contributed by atoms with E-state index in [4.69, 9.17) is 4.84 Å². The number of nitrogens with one attached hydrogen (secondary N) is 1. The van der Waals surface area contributed by atoms with Crippen LogP contribution in [0.5, 0.6) is 0 Å². The zero-order valence-electron chi connectivity index (χ0n) is 15.4. The van der Waals surface area contributed by atoms with Gasteiger partial charge in [0.05, 0.1) is 6.61 Å². The maximum absolute atomic E-state index is 12.0. The van der Waals surface area contributed by atoms with Crippen LogP contribution in [0.1, 0.15) is 42.7 Å². The van der Waals surface area contributed by atoms with Gasteiger partial charge in [0, 0.05) is 39.1 Å². The van der Waals surface area contributed by atoms with E-state index in [0.29, 0.717) is 18.9 Å². The lowest BCUT2D eigenvalue weighted by molar-refractivity contribution is -0.181. The third-order valence-corrected chi connectivity index (χ3v) is 5.31. The van der Waals surface area contributed by atoms with Crippen LogP contribution in [0.25, 0.3) is 0 Å². The average Bonchev–Trinajstić information content (AvgIpc) is 3.10. The molecule has 1 unspecified atom stereocenters. The van der Waals surface area contributed by atoms with E-state index in [2.05, 4.69) is 41.4 Å². The van der Waals surface area contributed by atoms with Crippen LogP contribution in [-0.2, 0) is 9.63 Å². The van der Waals surface area contributed by atoms with Gasteiger partial charge in [-0.1, -0.05) is 24.3 Å². The summed E-state index contributed by atoms with van der Waals surface area (Å²) in [5.41, 5.74) is 2.87. The first kappa shape index (κ1) is 18.4. The van der Waals surface area contributed by atoms with Crippen molar-refractivity contribution in [2.75, 3.05) is 45.9 Å². The molecule has 1 N–H and O–H groups in total. The van der Waals surface area contributed by atoms with Crippen molar-refractivity contribution in [1.82, 2.24) is 15.3 Å². The summed E-state index contributed by atoms with van der Waals surface area (Å²) in [4.78, 5) is 20.0. The Hall–Kier alpha value is -1.43. The largest absolute Gasteiger partial charge is 0.355 e. The molecule has 1 atom stereocenters. The van der Waals surface area contributed by atoms with Gasteiger partial charge in [-0.25, -0.2) is 0 Å². The molecule has 2 fully saturated rings. The van der Waals surface area contributed by atoms with E-state index in [1.807, 2.05) is 5.06 Å². The average molecular weight is 345 g/mol. The van der Waals surface area contributed by atoms with Crippen LogP contribution in [0.3, 0.4) is 0 Å². The highest BCUT2D eigenvalue weighted by Gasteiger charge is 2.24. The fourth-order valence-electron chi connectivity index (χ4n) is 3.83. The standard InChI is InChI=1S/C20H31N3O2/c1-17-6-2-3-7-19(17)18-8-12-22(16-18)14-10-21-20(24)9-13-23-11-4-5-15-25-23/h2-3,6-7,18H,4-5,8-16H2,1H3,(H,21,24). The molecule has 3 rings (SSSR count). The predicted octanol–water partition coefficient (Wildman–Crippen LogP) is 2.32. The molecule has 1 aromatic rings. The highest BCUT2D eigenvalue weighted by Crippen LogP contribution is 2.28. The van der Waals surface area contributed by atoms with Crippen molar-refractivity contribution < 1.29 is 9.63 Å². The number of hydrogen-bond donors (Lipinski definition) is 1. The molecule has 5 nitrogen and oxygen atoms in total. The summed E-state index contributed by atoms with van der Waals surface area (Å²) >= 11 is 0. The van der Waals surface area contributed by atoms with Crippen LogP contribution in [-0.4, -0.2) is 61.7 Å². The summed E-state index contributed by atoms with van der Waals surface area (Å²) in [6.07, 6.45) is 4.03. The van der Waals surface area contributed by atoms with Gasteiger partial charge in [0.2, 0.25) is 5.91 Å². The minimum Gasteiger partial charge on any atom is -0.355 e. The van der Waals surface area contributed by atoms with Gasteiger partial charge in [0.1, 0.15) is 0 Å². The van der Waals surface area contributed by atoms with Crippen LogP contribution < -0.4 is 5.32 Å². The summed E-state index contributed by atoms with van der Waals surface area (Å²) in [5, 5.41) is 4.98. The molecule has 25 heavy (non-hydrogen) atoms. The fourth-order valence-corrected chi connectivity index (χ4v) is 3.83. The first-order valence-corrected chi connectivity index (χ1v) is 9.65. The third-order valence-electron chi connectivity index (χ3n) is 5.31. The second-order valence-electron chi connectivity index (χ2n) is 7.21. The molecule has 2 aliphatic heterocycles. The van der Waals surface area contributed by atoms with Crippen molar-refractivity contribution in [3.63, 3.8) is 0 Å². The van der Waals surface area contributed by atoms with Gasteiger partial charge in [-0.15, -0.1) is 0 Å². The van der Waals surface area contributed by atoms with Gasteiger partial charge in [0.25, 0.3) is 0 Å². The molecular weight excluding hydrogens is 314 g/mol. The molecule has 0 saturated carbocycles. The number of amides is 1. The number of aryl methyl sites for hydroxylation is 1. The Labute approximate surface area is 151 Å². The first-order valence-electron chi connectivity index (χ1n) is 9.65. The molecule has 0 aliphatic carbocycles. The highest BCUT2D eigenvalue weighted by molar-refractivity contribution is 5.76. The van der Waals surface area contributed by atoms with E-state index < -0.39 is 0 Å². The number of carbonyl (C=O) groups is 1. The molecule has 0 aromatic heterocycles. The molecule has 0 radical (unpaired) electrons. The zero-order chi connectivity index (χ0) is 17.5. The van der Waals surface area contributed by atoms with Gasteiger partial charge < -0.3 is 10.2 Å². The zero-order valence-corrected chi connectivity index (χ0v) is 15.4. The quantitative estimate of drug-likeness (QED) is 0.824. The van der Waals surface area contributed by atoms with E-state index in [9.17, 15) is 4.79 Å². The number of hydrogen-bond acceptors (Lipinski definition) is 4. The summed E-state index contributed by atoms with van der Waals surface area (Å²) in [5.74, 6) is 0.761. The Morgan fingerprint density at radius 1 is 1.24 bits per heavy atom. The minimum atomic E-state index is 0.129. The molecule has 2 saturated heterocycles. The monoisotopic (exact) mass is 345 g/mol. The molecule has 2 aliphatic rings. The molecule has 5 heteroatoms. The Morgan fingerprint density at radius 3 is 2.92 bits per heavy atom. The lowest BCUT2D eigenvalue weighted by atomic mass is 9.94. The summed E-state index contributed by atoms with van der Waals surface area (Å²) < 4.78 is 0. The Balaban J connectivity index is 1.31. The fraction of sp³-hybridized carbons (Fsp3) is 0.650. The predicted molar refractivity (Wildman–Crippen MR) is 99.4 cm³/mol. The van der Waals surface area contributed by atoms with Crippen molar-refractivity contribution in [3.8, 4) is 0 Å². The van der Waals surface area contributed by atoms with Crippen molar-refractivity contribution in [2.24, 2.45) is 0 Å². The second-order valence-corrected chi connectivity index (χ2v) is 7.21. The summed E-state index contributed by atoms with van der Waals surface area (Å²) in [6, 6.07) is 8.70. The van der Waals surface area contributed by atoms with Crippen molar-refractivity contribution in [2.45, 2.75) is 38.5 Å². The molecule has 1 amide bonds. The lowest BCUT2D eigenvalue weighted by Gasteiger charge is -2.25. The Morgan fingerprint density at radius 2 is 2.12 bits per heavy atom. The SMILES string of the molecule is Cc1ccccc1C1CCN(CCNC(=O)CCN2CCCCO2)C1. The molecule has 0 spiro atoms. The van der Waals surface area contributed by atoms with E-state index in [-0.39, 0.29) is 5.91 Å². The third kappa shape index (κ3) is 5.53. The Bertz CT molecular complexity index is 558. The number of carbonyl (C=O) groups excluding carboxylic acids is 1. The van der Waals surface area contributed by atoms with Crippen LogP contribution in [0.4, 0.5) is 0 Å². The molecule has 138 valence electrons. The van der Waals surface area contributed by atoms with Gasteiger partial charge in [-0.2, -0.15) is 5.06 Å². The Kier molecular flexibility index (Phi) is 6.84. The first-order chi connectivity index (χ1) is 12.2. The molecule has 2 heterocycles. The number of benzene rings is 1. The number of rotatable bonds is 7. The number of hydroxylamine groups is 2. The van der Waals surface area contributed by atoms with E-state index in [0.717, 1.165) is 45.8 Å². The smallest absolute Gasteiger partial charge is 0.221 e. The van der Waals surface area contributed by atoms with Crippen molar-refractivity contribution in [1.29, 1.82) is 0 Å². The summed E-state index contributed by atoms with van der Waals surface area (Å²) in [6.45, 7) is 8.53. The molecule has 0 bridgehead atoms. The van der Waals surface area contributed by atoms with Crippen LogP contribution >= 0.6 is 0 Å². The maximum Gasteiger partial charge on any atom is 0.221 e. The van der Waals surface area contributed by atoms with Gasteiger partial charge in [-0.3, -0.25) is 9.63 Å². The molecular formula is C20H31N3O2. The molecule has 1 aromatic carbocycles. The van der Waals surface area contributed by atoms with Gasteiger partial charge in [-0.05, 0) is 49.8 Å². The highest BCUT2D eigenvalue weighted by atomic mass is 16.7. The number of nitrogens with zero attached hydrogens (tertiary/aromatic N) is 2. The topological polar surface area (TPSA) is 44.8 Å². The number of likely N-dealkylation sites (tertiary alicyclic amines) is 1. The van der Waals surface area contributed by atoms with E-state index >= 15 is 0 Å². The van der Waals surface area contributed by atoms with Crippen molar-refractivity contribution in [3.05, 3.63) is 35.4 Å². The maximum atomic E-state index is 12.0. The van der Waals surface area contributed by atoms with Crippen LogP contribution in [0.15, 0.2) is 24.3 Å². The van der Waals surface area contributed by atoms with Gasteiger partial charge in [0.15, 0.2) is 0 Å². The second kappa shape index (κ2) is 9.32.